The van der Waals surface area contributed by atoms with Crippen molar-refractivity contribution < 1.29 is 8.78 Å². The quantitative estimate of drug-likeness (QED) is 0.724. The third-order valence-electron chi connectivity index (χ3n) is 1.43. The minimum absolute atomic E-state index is 0.0156. The summed E-state index contributed by atoms with van der Waals surface area (Å²) in [6.07, 6.45) is 0. The van der Waals surface area contributed by atoms with E-state index in [4.69, 9.17) is 0 Å². The first-order valence-electron chi connectivity index (χ1n) is 3.34. The number of anilines is 1. The Morgan fingerprint density at radius 1 is 1.17 bits per heavy atom. The summed E-state index contributed by atoms with van der Waals surface area (Å²) in [7, 11) is 3.19. The third-order valence-corrected chi connectivity index (χ3v) is 1.89. The van der Waals surface area contributed by atoms with Gasteiger partial charge in [-0.2, -0.15) is 0 Å². The van der Waals surface area contributed by atoms with Crippen molar-refractivity contribution in [3.8, 4) is 0 Å². The van der Waals surface area contributed by atoms with Crippen LogP contribution in [0.5, 0.6) is 0 Å². The van der Waals surface area contributed by atoms with E-state index in [1.807, 2.05) is 0 Å². The van der Waals surface area contributed by atoms with E-state index < -0.39 is 11.6 Å². The summed E-state index contributed by atoms with van der Waals surface area (Å²) in [4.78, 5) is 1.40. The zero-order chi connectivity index (χ0) is 9.30. The molecule has 1 aromatic rings. The van der Waals surface area contributed by atoms with Crippen LogP contribution >= 0.6 is 15.9 Å². The number of rotatable bonds is 1. The molecule has 0 heterocycles. The minimum Gasteiger partial charge on any atom is -0.373 e. The van der Waals surface area contributed by atoms with E-state index in [1.165, 1.54) is 17.0 Å². The van der Waals surface area contributed by atoms with Gasteiger partial charge in [0.2, 0.25) is 0 Å². The van der Waals surface area contributed by atoms with Crippen LogP contribution in [-0.4, -0.2) is 14.1 Å². The van der Waals surface area contributed by atoms with Gasteiger partial charge in [-0.15, -0.1) is 0 Å². The highest BCUT2D eigenvalue weighted by Crippen LogP contribution is 2.25. The van der Waals surface area contributed by atoms with E-state index in [-0.39, 0.29) is 5.69 Å². The molecule has 0 spiro atoms. The van der Waals surface area contributed by atoms with Crippen LogP contribution in [-0.2, 0) is 0 Å². The first-order valence-corrected chi connectivity index (χ1v) is 4.13. The predicted molar refractivity (Wildman–Crippen MR) is 48.4 cm³/mol. The molecule has 0 bridgehead atoms. The van der Waals surface area contributed by atoms with Crippen LogP contribution in [0, 0.1) is 11.6 Å². The third kappa shape index (κ3) is 1.75. The molecule has 0 amide bonds. The van der Waals surface area contributed by atoms with Crippen molar-refractivity contribution in [2.24, 2.45) is 0 Å². The van der Waals surface area contributed by atoms with Gasteiger partial charge in [0.25, 0.3) is 0 Å². The van der Waals surface area contributed by atoms with Crippen LogP contribution in [0.3, 0.4) is 0 Å². The Labute approximate surface area is 78.1 Å². The summed E-state index contributed by atoms with van der Waals surface area (Å²) in [5.74, 6) is -1.13. The fraction of sp³-hybridized carbons (Fsp3) is 0.250. The molecule has 0 aliphatic carbocycles. The predicted octanol–water partition coefficient (Wildman–Crippen LogP) is 2.79. The van der Waals surface area contributed by atoms with Crippen LogP contribution in [0.1, 0.15) is 0 Å². The molecule has 0 aliphatic rings. The molecule has 0 aliphatic heterocycles. The number of hydrogen-bond acceptors (Lipinski definition) is 1. The maximum Gasteiger partial charge on any atom is 0.150 e. The summed E-state index contributed by atoms with van der Waals surface area (Å²) in [6, 6.07) is 2.47. The van der Waals surface area contributed by atoms with Crippen molar-refractivity contribution in [2.45, 2.75) is 0 Å². The molecule has 0 atom stereocenters. The summed E-state index contributed by atoms with van der Waals surface area (Å²) in [5.41, 5.74) is -0.0156. The Morgan fingerprint density at radius 3 is 1.92 bits per heavy atom. The van der Waals surface area contributed by atoms with E-state index in [9.17, 15) is 8.78 Å². The monoisotopic (exact) mass is 235 g/mol. The van der Waals surface area contributed by atoms with Gasteiger partial charge in [-0.3, -0.25) is 0 Å². The molecule has 4 heteroatoms. The first kappa shape index (κ1) is 9.45. The smallest absolute Gasteiger partial charge is 0.150 e. The van der Waals surface area contributed by atoms with Crippen LogP contribution in [0.2, 0.25) is 0 Å². The van der Waals surface area contributed by atoms with Crippen molar-refractivity contribution >= 4 is 21.6 Å². The van der Waals surface area contributed by atoms with Crippen LogP contribution in [0.4, 0.5) is 14.5 Å². The lowest BCUT2D eigenvalue weighted by Gasteiger charge is -2.14. The lowest BCUT2D eigenvalue weighted by atomic mass is 10.3. The van der Waals surface area contributed by atoms with Gasteiger partial charge in [-0.05, 0) is 12.1 Å². The van der Waals surface area contributed by atoms with Gasteiger partial charge in [0, 0.05) is 18.6 Å². The zero-order valence-electron chi connectivity index (χ0n) is 6.74. The van der Waals surface area contributed by atoms with Crippen LogP contribution in [0.25, 0.3) is 0 Å². The highest BCUT2D eigenvalue weighted by molar-refractivity contribution is 9.10. The molecule has 0 N–H and O–H groups in total. The molecule has 66 valence electrons. The summed E-state index contributed by atoms with van der Waals surface area (Å²) in [6.45, 7) is 0. The molecule has 0 saturated heterocycles. The molecule has 0 saturated carbocycles. The average molecular weight is 236 g/mol. The Bertz CT molecular complexity index is 276. The summed E-state index contributed by atoms with van der Waals surface area (Å²) in [5, 5.41) is 0. The van der Waals surface area contributed by atoms with Crippen molar-refractivity contribution in [3.63, 3.8) is 0 Å². The van der Waals surface area contributed by atoms with Gasteiger partial charge >= 0.3 is 0 Å². The van der Waals surface area contributed by atoms with Crippen LogP contribution < -0.4 is 4.90 Å². The molecule has 1 aromatic carbocycles. The van der Waals surface area contributed by atoms with Gasteiger partial charge in [-0.25, -0.2) is 8.78 Å². The molecule has 0 aromatic heterocycles. The van der Waals surface area contributed by atoms with E-state index in [1.54, 1.807) is 14.1 Å². The maximum atomic E-state index is 13.1. The fourth-order valence-electron chi connectivity index (χ4n) is 0.962. The number of hydrogen-bond donors (Lipinski definition) is 0. The van der Waals surface area contributed by atoms with Crippen molar-refractivity contribution in [1.82, 2.24) is 0 Å². The summed E-state index contributed by atoms with van der Waals surface area (Å²) < 4.78 is 26.5. The average Bonchev–Trinajstić information content (AvgIpc) is 1.82. The lowest BCUT2D eigenvalue weighted by Crippen LogP contribution is -2.12. The van der Waals surface area contributed by atoms with Gasteiger partial charge in [0.1, 0.15) is 5.69 Å². The lowest BCUT2D eigenvalue weighted by molar-refractivity contribution is 0.580. The second kappa shape index (κ2) is 3.39. The molecular formula is C8H8BrF2N. The van der Waals surface area contributed by atoms with E-state index in [0.717, 1.165) is 0 Å². The SMILES string of the molecule is CN(C)c1c(F)cc(Br)cc1F. The largest absolute Gasteiger partial charge is 0.373 e. The molecule has 0 fully saturated rings. The second-order valence-corrected chi connectivity index (χ2v) is 3.53. The molecule has 1 nitrogen and oxygen atoms in total. The number of halogens is 3. The first-order chi connectivity index (χ1) is 5.52. The number of nitrogens with zero attached hydrogens (tertiary/aromatic N) is 1. The second-order valence-electron chi connectivity index (χ2n) is 2.61. The van der Waals surface area contributed by atoms with Gasteiger partial charge in [0.15, 0.2) is 11.6 Å². The minimum atomic E-state index is -0.563. The molecule has 12 heavy (non-hydrogen) atoms. The Balaban J connectivity index is 3.28. The van der Waals surface area contributed by atoms with Gasteiger partial charge < -0.3 is 4.90 Å². The van der Waals surface area contributed by atoms with E-state index in [2.05, 4.69) is 15.9 Å². The zero-order valence-corrected chi connectivity index (χ0v) is 8.32. The summed E-state index contributed by atoms with van der Waals surface area (Å²) >= 11 is 3.00. The van der Waals surface area contributed by atoms with Gasteiger partial charge in [-0.1, -0.05) is 15.9 Å². The Hall–Kier alpha value is -0.640. The highest BCUT2D eigenvalue weighted by atomic mass is 79.9. The fourth-order valence-corrected chi connectivity index (χ4v) is 1.36. The Morgan fingerprint density at radius 2 is 1.58 bits per heavy atom. The molecule has 0 unspecified atom stereocenters. The maximum absolute atomic E-state index is 13.1. The Kier molecular flexibility index (Phi) is 2.67. The van der Waals surface area contributed by atoms with E-state index >= 15 is 0 Å². The molecular weight excluding hydrogens is 228 g/mol. The van der Waals surface area contributed by atoms with Crippen molar-refractivity contribution in [1.29, 1.82) is 0 Å². The molecule has 0 radical (unpaired) electrons. The van der Waals surface area contributed by atoms with Crippen molar-refractivity contribution in [2.75, 3.05) is 19.0 Å². The molecule has 1 rings (SSSR count). The number of benzene rings is 1. The van der Waals surface area contributed by atoms with Crippen LogP contribution in [0.15, 0.2) is 16.6 Å². The normalized spacial score (nSPS) is 10.1. The van der Waals surface area contributed by atoms with E-state index in [0.29, 0.717) is 4.47 Å². The van der Waals surface area contributed by atoms with Gasteiger partial charge in [0.05, 0.1) is 0 Å². The highest BCUT2D eigenvalue weighted by Gasteiger charge is 2.11. The topological polar surface area (TPSA) is 3.24 Å². The van der Waals surface area contributed by atoms with Crippen molar-refractivity contribution in [3.05, 3.63) is 28.2 Å². The standard InChI is InChI=1S/C8H8BrF2N/c1-12(2)8-6(10)3-5(9)4-7(8)11/h3-4H,1-2H3.